The molecule has 1 atom stereocenters. The molecule has 1 unspecified atom stereocenters. The van der Waals surface area contributed by atoms with Crippen molar-refractivity contribution >= 4 is 15.9 Å². The van der Waals surface area contributed by atoms with E-state index < -0.39 is 17.7 Å². The van der Waals surface area contributed by atoms with E-state index in [2.05, 4.69) is 21.0 Å². The molecule has 0 amide bonds. The fourth-order valence-electron chi connectivity index (χ4n) is 1.95. The van der Waals surface area contributed by atoms with Crippen LogP contribution in [0.4, 0.5) is 8.78 Å². The maximum absolute atomic E-state index is 13.8. The molecule has 0 saturated heterocycles. The summed E-state index contributed by atoms with van der Waals surface area (Å²) < 4.78 is 29.6. The number of aryl methyl sites for hydroxylation is 1. The Kier molecular flexibility index (Phi) is 4.31. The average Bonchev–Trinajstić information content (AvgIpc) is 2.75. The lowest BCUT2D eigenvalue weighted by Gasteiger charge is -2.13. The second-order valence-corrected chi connectivity index (χ2v) is 5.21. The Morgan fingerprint density at radius 2 is 2.00 bits per heavy atom. The number of hydrogen-bond acceptors (Lipinski definition) is 2. The molecular formula is C13H14BrF2N3. The summed E-state index contributed by atoms with van der Waals surface area (Å²) in [6.07, 6.45) is 3.84. The van der Waals surface area contributed by atoms with Gasteiger partial charge in [-0.05, 0) is 31.0 Å². The molecule has 19 heavy (non-hydrogen) atoms. The zero-order valence-corrected chi connectivity index (χ0v) is 12.0. The van der Waals surface area contributed by atoms with E-state index in [1.165, 1.54) is 12.1 Å². The van der Waals surface area contributed by atoms with Gasteiger partial charge in [0.05, 0.1) is 6.20 Å². The lowest BCUT2D eigenvalue weighted by molar-refractivity contribution is 0.523. The minimum Gasteiger partial charge on any atom is -0.323 e. The third-order valence-corrected chi connectivity index (χ3v) is 3.34. The molecular weight excluding hydrogens is 316 g/mol. The molecule has 0 aliphatic rings. The van der Waals surface area contributed by atoms with E-state index in [1.807, 2.05) is 13.1 Å². The predicted molar refractivity (Wildman–Crippen MR) is 72.6 cm³/mol. The Hall–Kier alpha value is -1.27. The molecule has 3 nitrogen and oxygen atoms in total. The van der Waals surface area contributed by atoms with Crippen LogP contribution in [0.1, 0.15) is 24.1 Å². The van der Waals surface area contributed by atoms with E-state index in [0.29, 0.717) is 10.9 Å². The molecule has 0 spiro atoms. The van der Waals surface area contributed by atoms with Crippen molar-refractivity contribution in [1.82, 2.24) is 9.78 Å². The largest absolute Gasteiger partial charge is 0.323 e. The average molecular weight is 330 g/mol. The fourth-order valence-corrected chi connectivity index (χ4v) is 2.35. The van der Waals surface area contributed by atoms with E-state index in [9.17, 15) is 8.78 Å². The molecule has 102 valence electrons. The van der Waals surface area contributed by atoms with Crippen LogP contribution >= 0.6 is 15.9 Å². The Bertz CT molecular complexity index is 560. The van der Waals surface area contributed by atoms with E-state index in [4.69, 9.17) is 5.73 Å². The summed E-state index contributed by atoms with van der Waals surface area (Å²) in [5.74, 6) is -1.27. The van der Waals surface area contributed by atoms with Gasteiger partial charge in [-0.3, -0.25) is 4.68 Å². The topological polar surface area (TPSA) is 43.8 Å². The smallest absolute Gasteiger partial charge is 0.132 e. The van der Waals surface area contributed by atoms with Gasteiger partial charge in [0.1, 0.15) is 11.6 Å². The van der Waals surface area contributed by atoms with Crippen LogP contribution < -0.4 is 5.73 Å². The Morgan fingerprint density at radius 3 is 2.53 bits per heavy atom. The first kappa shape index (κ1) is 14.1. The van der Waals surface area contributed by atoms with Crippen LogP contribution in [0.2, 0.25) is 0 Å². The number of nitrogens with zero attached hydrogens (tertiary/aromatic N) is 2. The first-order valence-corrected chi connectivity index (χ1v) is 6.72. The van der Waals surface area contributed by atoms with Gasteiger partial charge in [-0.2, -0.15) is 5.10 Å². The molecule has 0 fully saturated rings. The summed E-state index contributed by atoms with van der Waals surface area (Å²) in [5, 5.41) is 4.11. The number of halogens is 3. The van der Waals surface area contributed by atoms with Gasteiger partial charge in [0, 0.05) is 28.8 Å². The molecule has 1 aromatic carbocycles. The SMILES string of the molecule is CCn1cc(CC(N)c2c(F)cc(Br)cc2F)cn1. The normalized spacial score (nSPS) is 12.7. The molecule has 1 aromatic heterocycles. The Morgan fingerprint density at radius 1 is 1.37 bits per heavy atom. The van der Waals surface area contributed by atoms with Crippen LogP contribution in [0.3, 0.4) is 0 Å². The van der Waals surface area contributed by atoms with Crippen LogP contribution in [0.15, 0.2) is 29.0 Å². The van der Waals surface area contributed by atoms with E-state index in [1.54, 1.807) is 10.9 Å². The fraction of sp³-hybridized carbons (Fsp3) is 0.308. The second kappa shape index (κ2) is 5.79. The molecule has 0 aliphatic carbocycles. The summed E-state index contributed by atoms with van der Waals surface area (Å²) in [6.45, 7) is 2.71. The first-order valence-electron chi connectivity index (χ1n) is 5.92. The summed E-state index contributed by atoms with van der Waals surface area (Å²) in [5.41, 5.74) is 6.66. The van der Waals surface area contributed by atoms with Gasteiger partial charge in [-0.25, -0.2) is 8.78 Å². The van der Waals surface area contributed by atoms with Crippen molar-refractivity contribution in [3.05, 3.63) is 51.8 Å². The monoisotopic (exact) mass is 329 g/mol. The van der Waals surface area contributed by atoms with Crippen LogP contribution in [-0.4, -0.2) is 9.78 Å². The van der Waals surface area contributed by atoms with Crippen molar-refractivity contribution < 1.29 is 8.78 Å². The maximum Gasteiger partial charge on any atom is 0.132 e. The van der Waals surface area contributed by atoms with Gasteiger partial charge in [-0.15, -0.1) is 0 Å². The van der Waals surface area contributed by atoms with Gasteiger partial charge >= 0.3 is 0 Å². The molecule has 0 bridgehead atoms. The molecule has 2 aromatic rings. The Labute approximate surface area is 118 Å². The van der Waals surface area contributed by atoms with E-state index >= 15 is 0 Å². The van der Waals surface area contributed by atoms with Crippen molar-refractivity contribution in [2.24, 2.45) is 5.73 Å². The molecule has 2 rings (SSSR count). The van der Waals surface area contributed by atoms with Crippen molar-refractivity contribution in [2.45, 2.75) is 25.9 Å². The first-order chi connectivity index (χ1) is 9.01. The molecule has 0 aliphatic heterocycles. The lowest BCUT2D eigenvalue weighted by Crippen LogP contribution is -2.16. The lowest BCUT2D eigenvalue weighted by atomic mass is 10.0. The number of hydrogen-bond donors (Lipinski definition) is 1. The number of nitrogens with two attached hydrogens (primary N) is 1. The standard InChI is InChI=1S/C13H14BrF2N3/c1-2-19-7-8(6-18-19)3-12(17)13-10(15)4-9(14)5-11(13)16/h4-7,12H,2-3,17H2,1H3. The Balaban J connectivity index is 2.22. The highest BCUT2D eigenvalue weighted by molar-refractivity contribution is 9.10. The third kappa shape index (κ3) is 3.19. The minimum atomic E-state index is -0.734. The molecule has 1 heterocycles. The molecule has 6 heteroatoms. The zero-order chi connectivity index (χ0) is 14.0. The number of benzene rings is 1. The highest BCUT2D eigenvalue weighted by Crippen LogP contribution is 2.25. The van der Waals surface area contributed by atoms with Crippen LogP contribution in [0, 0.1) is 11.6 Å². The van der Waals surface area contributed by atoms with Crippen LogP contribution in [0.25, 0.3) is 0 Å². The summed E-state index contributed by atoms with van der Waals surface area (Å²) in [4.78, 5) is 0. The maximum atomic E-state index is 13.8. The van der Waals surface area contributed by atoms with E-state index in [-0.39, 0.29) is 5.56 Å². The predicted octanol–water partition coefficient (Wildman–Crippen LogP) is 3.19. The summed E-state index contributed by atoms with van der Waals surface area (Å²) in [6, 6.07) is 1.70. The minimum absolute atomic E-state index is 0.0903. The number of rotatable bonds is 4. The van der Waals surface area contributed by atoms with Crippen molar-refractivity contribution in [3.63, 3.8) is 0 Å². The summed E-state index contributed by atoms with van der Waals surface area (Å²) >= 11 is 3.04. The second-order valence-electron chi connectivity index (χ2n) is 4.30. The van der Waals surface area contributed by atoms with Crippen molar-refractivity contribution in [2.75, 3.05) is 0 Å². The number of aromatic nitrogens is 2. The quantitative estimate of drug-likeness (QED) is 0.936. The molecule has 0 saturated carbocycles. The zero-order valence-electron chi connectivity index (χ0n) is 10.4. The van der Waals surface area contributed by atoms with Gasteiger partial charge in [0.15, 0.2) is 0 Å². The molecule has 2 N–H and O–H groups in total. The van der Waals surface area contributed by atoms with Gasteiger partial charge in [0.25, 0.3) is 0 Å². The van der Waals surface area contributed by atoms with Gasteiger partial charge in [-0.1, -0.05) is 15.9 Å². The van der Waals surface area contributed by atoms with E-state index in [0.717, 1.165) is 12.1 Å². The summed E-state index contributed by atoms with van der Waals surface area (Å²) in [7, 11) is 0. The molecule has 0 radical (unpaired) electrons. The van der Waals surface area contributed by atoms with Crippen molar-refractivity contribution in [3.8, 4) is 0 Å². The third-order valence-electron chi connectivity index (χ3n) is 2.88. The highest BCUT2D eigenvalue weighted by Gasteiger charge is 2.18. The van der Waals surface area contributed by atoms with Gasteiger partial charge < -0.3 is 5.73 Å². The van der Waals surface area contributed by atoms with Crippen LogP contribution in [0.5, 0.6) is 0 Å². The van der Waals surface area contributed by atoms with Crippen molar-refractivity contribution in [1.29, 1.82) is 0 Å². The highest BCUT2D eigenvalue weighted by atomic mass is 79.9. The van der Waals surface area contributed by atoms with Gasteiger partial charge in [0.2, 0.25) is 0 Å². The van der Waals surface area contributed by atoms with Crippen LogP contribution in [-0.2, 0) is 13.0 Å².